The van der Waals surface area contributed by atoms with E-state index in [0.29, 0.717) is 0 Å². The first-order chi connectivity index (χ1) is 9.65. The number of fused-ring (bicyclic) bond motifs is 1. The van der Waals surface area contributed by atoms with Crippen molar-refractivity contribution in [3.63, 3.8) is 0 Å². The maximum Gasteiger partial charge on any atom is 0.305 e. The van der Waals surface area contributed by atoms with E-state index in [1.165, 1.54) is 0 Å². The Labute approximate surface area is 117 Å². The Balaban J connectivity index is 2.00. The largest absolute Gasteiger partial charge is 0.481 e. The highest BCUT2D eigenvalue weighted by Crippen LogP contribution is 2.29. The molecule has 0 aliphatic carbocycles. The molecule has 5 heteroatoms. The molecule has 1 aromatic carbocycles. The maximum absolute atomic E-state index is 11.0. The molecular formula is C15H17N3O2. The molecule has 3 rings (SSSR count). The molecular weight excluding hydrogens is 254 g/mol. The van der Waals surface area contributed by atoms with Gasteiger partial charge in [-0.1, -0.05) is 12.1 Å². The second-order valence-electron chi connectivity index (χ2n) is 5.21. The summed E-state index contributed by atoms with van der Waals surface area (Å²) in [5.41, 5.74) is 2.60. The minimum Gasteiger partial charge on any atom is -0.481 e. The van der Waals surface area contributed by atoms with Gasteiger partial charge in [0.1, 0.15) is 0 Å². The maximum atomic E-state index is 11.0. The number of anilines is 1. The summed E-state index contributed by atoms with van der Waals surface area (Å²) in [5.74, 6) is 0.0701. The number of benzene rings is 1. The first kappa shape index (κ1) is 12.8. The molecule has 0 unspecified atom stereocenters. The summed E-state index contributed by atoms with van der Waals surface area (Å²) in [5, 5.41) is 9.02. The van der Waals surface area contributed by atoms with Gasteiger partial charge in [0.2, 0.25) is 0 Å². The minimum atomic E-state index is -0.756. The number of carbonyl (C=O) groups is 1. The van der Waals surface area contributed by atoms with Crippen LogP contribution in [0.2, 0.25) is 0 Å². The fourth-order valence-electron chi connectivity index (χ4n) is 2.88. The van der Waals surface area contributed by atoms with Gasteiger partial charge in [-0.2, -0.15) is 0 Å². The van der Waals surface area contributed by atoms with Gasteiger partial charge in [0.05, 0.1) is 23.1 Å². The molecule has 0 bridgehead atoms. The van der Waals surface area contributed by atoms with Gasteiger partial charge in [-0.25, -0.2) is 9.97 Å². The monoisotopic (exact) mass is 271 g/mol. The number of rotatable bonds is 3. The third kappa shape index (κ3) is 2.31. The molecule has 0 spiro atoms. The Morgan fingerprint density at radius 2 is 2.05 bits per heavy atom. The van der Waals surface area contributed by atoms with Crippen molar-refractivity contribution >= 4 is 22.8 Å². The van der Waals surface area contributed by atoms with Crippen LogP contribution in [0, 0.1) is 6.92 Å². The normalized spacial score (nSPS) is 18.6. The topological polar surface area (TPSA) is 66.3 Å². The van der Waals surface area contributed by atoms with E-state index >= 15 is 0 Å². The summed E-state index contributed by atoms with van der Waals surface area (Å²) in [6.07, 6.45) is 2.07. The molecule has 0 radical (unpaired) electrons. The van der Waals surface area contributed by atoms with Crippen LogP contribution in [0.1, 0.15) is 25.0 Å². The van der Waals surface area contributed by atoms with E-state index in [4.69, 9.17) is 5.11 Å². The Morgan fingerprint density at radius 3 is 2.75 bits per heavy atom. The van der Waals surface area contributed by atoms with Crippen LogP contribution < -0.4 is 4.90 Å². The van der Waals surface area contributed by atoms with Crippen molar-refractivity contribution < 1.29 is 9.90 Å². The number of carboxylic acids is 1. The van der Waals surface area contributed by atoms with Crippen LogP contribution >= 0.6 is 0 Å². The molecule has 104 valence electrons. The zero-order valence-electron chi connectivity index (χ0n) is 11.4. The lowest BCUT2D eigenvalue weighted by Gasteiger charge is -2.25. The number of para-hydroxylation sites is 2. The predicted octanol–water partition coefficient (Wildman–Crippen LogP) is 2.38. The van der Waals surface area contributed by atoms with E-state index in [1.54, 1.807) is 0 Å². The summed E-state index contributed by atoms with van der Waals surface area (Å²) < 4.78 is 0. The number of carboxylic acid groups (broad SMARTS) is 1. The molecule has 1 fully saturated rings. The lowest BCUT2D eigenvalue weighted by molar-refractivity contribution is -0.137. The van der Waals surface area contributed by atoms with Gasteiger partial charge in [-0.05, 0) is 31.9 Å². The second-order valence-corrected chi connectivity index (χ2v) is 5.21. The Morgan fingerprint density at radius 1 is 1.35 bits per heavy atom. The van der Waals surface area contributed by atoms with Gasteiger partial charge in [-0.15, -0.1) is 0 Å². The van der Waals surface area contributed by atoms with Crippen LogP contribution in [0.5, 0.6) is 0 Å². The van der Waals surface area contributed by atoms with Crippen LogP contribution in [0.3, 0.4) is 0 Å². The Hall–Kier alpha value is -2.17. The van der Waals surface area contributed by atoms with Crippen molar-refractivity contribution in [2.45, 2.75) is 32.2 Å². The van der Waals surface area contributed by atoms with Crippen molar-refractivity contribution in [2.24, 2.45) is 0 Å². The van der Waals surface area contributed by atoms with Crippen molar-refractivity contribution in [3.8, 4) is 0 Å². The van der Waals surface area contributed by atoms with E-state index < -0.39 is 5.97 Å². The first-order valence-corrected chi connectivity index (χ1v) is 6.87. The number of hydrogen-bond acceptors (Lipinski definition) is 4. The highest BCUT2D eigenvalue weighted by atomic mass is 16.4. The summed E-state index contributed by atoms with van der Waals surface area (Å²) in [4.78, 5) is 22.3. The van der Waals surface area contributed by atoms with E-state index in [1.807, 2.05) is 31.2 Å². The smallest absolute Gasteiger partial charge is 0.305 e. The molecule has 1 aliphatic heterocycles. The fourth-order valence-corrected chi connectivity index (χ4v) is 2.88. The molecule has 1 saturated heterocycles. The van der Waals surface area contributed by atoms with Crippen LogP contribution in [0.15, 0.2) is 24.3 Å². The number of aryl methyl sites for hydroxylation is 1. The predicted molar refractivity (Wildman–Crippen MR) is 76.9 cm³/mol. The van der Waals surface area contributed by atoms with Gasteiger partial charge in [0.25, 0.3) is 0 Å². The van der Waals surface area contributed by atoms with Crippen molar-refractivity contribution in [1.82, 2.24) is 9.97 Å². The van der Waals surface area contributed by atoms with Gasteiger partial charge in [0.15, 0.2) is 5.82 Å². The number of hydrogen-bond donors (Lipinski definition) is 1. The summed E-state index contributed by atoms with van der Waals surface area (Å²) in [6, 6.07) is 7.79. The van der Waals surface area contributed by atoms with E-state index in [0.717, 1.165) is 41.9 Å². The molecule has 1 aromatic heterocycles. The third-order valence-corrected chi connectivity index (χ3v) is 3.78. The lowest BCUT2D eigenvalue weighted by Crippen LogP contribution is -2.32. The molecule has 0 saturated carbocycles. The van der Waals surface area contributed by atoms with Crippen LogP contribution in [0.4, 0.5) is 5.82 Å². The quantitative estimate of drug-likeness (QED) is 0.928. The fraction of sp³-hybridized carbons (Fsp3) is 0.400. The molecule has 20 heavy (non-hydrogen) atoms. The summed E-state index contributed by atoms with van der Waals surface area (Å²) >= 11 is 0. The summed E-state index contributed by atoms with van der Waals surface area (Å²) in [6.45, 7) is 2.79. The van der Waals surface area contributed by atoms with Crippen molar-refractivity contribution in [3.05, 3.63) is 30.0 Å². The van der Waals surface area contributed by atoms with E-state index in [9.17, 15) is 4.79 Å². The van der Waals surface area contributed by atoms with E-state index in [-0.39, 0.29) is 12.5 Å². The Bertz CT molecular complexity index is 657. The van der Waals surface area contributed by atoms with Gasteiger partial charge < -0.3 is 10.0 Å². The molecule has 1 N–H and O–H groups in total. The number of nitrogens with zero attached hydrogens (tertiary/aromatic N) is 3. The zero-order valence-corrected chi connectivity index (χ0v) is 11.4. The number of aliphatic carboxylic acids is 1. The average molecular weight is 271 g/mol. The Kier molecular flexibility index (Phi) is 3.26. The van der Waals surface area contributed by atoms with E-state index in [2.05, 4.69) is 14.9 Å². The minimum absolute atomic E-state index is 0.0293. The molecule has 1 aliphatic rings. The molecule has 1 atom stereocenters. The van der Waals surface area contributed by atoms with Crippen LogP contribution in [-0.4, -0.2) is 33.6 Å². The molecule has 2 heterocycles. The van der Waals surface area contributed by atoms with Crippen molar-refractivity contribution in [2.75, 3.05) is 11.4 Å². The molecule has 5 nitrogen and oxygen atoms in total. The highest BCUT2D eigenvalue weighted by Gasteiger charge is 2.29. The van der Waals surface area contributed by atoms with Crippen molar-refractivity contribution in [1.29, 1.82) is 0 Å². The van der Waals surface area contributed by atoms with Gasteiger partial charge >= 0.3 is 5.97 Å². The molecule has 0 amide bonds. The lowest BCUT2D eigenvalue weighted by atomic mass is 10.1. The second kappa shape index (κ2) is 5.07. The first-order valence-electron chi connectivity index (χ1n) is 6.87. The van der Waals surface area contributed by atoms with Gasteiger partial charge in [-0.3, -0.25) is 4.79 Å². The molecule has 2 aromatic rings. The average Bonchev–Trinajstić information content (AvgIpc) is 2.85. The van der Waals surface area contributed by atoms with Crippen LogP contribution in [-0.2, 0) is 4.79 Å². The van der Waals surface area contributed by atoms with Gasteiger partial charge in [0, 0.05) is 12.6 Å². The van der Waals surface area contributed by atoms with Crippen LogP contribution in [0.25, 0.3) is 11.0 Å². The number of aromatic nitrogens is 2. The zero-order chi connectivity index (χ0) is 14.1. The standard InChI is InChI=1S/C15H17N3O2/c1-10-15(17-13-7-3-2-6-12(13)16-10)18-8-4-5-11(18)9-14(19)20/h2-3,6-7,11H,4-5,8-9H2,1H3,(H,19,20)/t11-/m0/s1. The SMILES string of the molecule is Cc1nc2ccccc2nc1N1CCC[C@H]1CC(=O)O. The summed E-state index contributed by atoms with van der Waals surface area (Å²) in [7, 11) is 0. The third-order valence-electron chi connectivity index (χ3n) is 3.78. The highest BCUT2D eigenvalue weighted by molar-refractivity contribution is 5.77.